The summed E-state index contributed by atoms with van der Waals surface area (Å²) in [7, 11) is 4.11. The van der Waals surface area contributed by atoms with E-state index in [1.807, 2.05) is 7.05 Å². The Morgan fingerprint density at radius 1 is 1.32 bits per heavy atom. The Labute approximate surface area is 119 Å². The Kier molecular flexibility index (Phi) is 4.84. The second-order valence-corrected chi connectivity index (χ2v) is 7.79. The maximum Gasteiger partial charge on any atom is 0.137 e. The van der Waals surface area contributed by atoms with Gasteiger partial charge in [-0.1, -0.05) is 6.92 Å². The monoisotopic (exact) mass is 268 g/mol. The van der Waals surface area contributed by atoms with Gasteiger partial charge in [0.05, 0.1) is 6.04 Å². The summed E-state index contributed by atoms with van der Waals surface area (Å²) in [5.41, 5.74) is 0.367. The molecule has 1 saturated heterocycles. The van der Waals surface area contributed by atoms with Gasteiger partial charge >= 0.3 is 0 Å². The largest absolute Gasteiger partial charge is 0.315 e. The summed E-state index contributed by atoms with van der Waals surface area (Å²) in [4.78, 5) is 13.9. The third-order valence-electron chi connectivity index (χ3n) is 5.52. The van der Waals surface area contributed by atoms with Crippen molar-refractivity contribution in [3.63, 3.8) is 0 Å². The number of hydrogen-bond donors (Lipinski definition) is 1. The van der Waals surface area contributed by atoms with Gasteiger partial charge < -0.3 is 10.1 Å². The molecule has 0 aromatic carbocycles. The van der Waals surface area contributed by atoms with Crippen LogP contribution in [0.15, 0.2) is 0 Å². The number of likely N-dealkylation sites (N-methyl/N-ethyl adjacent to an activating group) is 1. The van der Waals surface area contributed by atoms with Gasteiger partial charge in [0.15, 0.2) is 0 Å². The Hall–Kier alpha value is -0.410. The number of carbonyl (C=O) groups is 1. The van der Waals surface area contributed by atoms with Crippen LogP contribution < -0.4 is 5.32 Å². The molecule has 0 saturated carbocycles. The Morgan fingerprint density at radius 2 is 1.89 bits per heavy atom. The van der Waals surface area contributed by atoms with E-state index in [0.29, 0.717) is 0 Å². The van der Waals surface area contributed by atoms with Gasteiger partial charge in [-0.2, -0.15) is 0 Å². The van der Waals surface area contributed by atoms with Gasteiger partial charge in [0.25, 0.3) is 0 Å². The molecule has 0 aliphatic carbocycles. The quantitative estimate of drug-likeness (QED) is 0.778. The van der Waals surface area contributed by atoms with Gasteiger partial charge in [-0.25, -0.2) is 0 Å². The lowest BCUT2D eigenvalue weighted by atomic mass is 9.66. The molecule has 1 aliphatic heterocycles. The van der Waals surface area contributed by atoms with Crippen LogP contribution in [0.1, 0.15) is 60.3 Å². The summed E-state index contributed by atoms with van der Waals surface area (Å²) in [6.45, 7) is 11.2. The van der Waals surface area contributed by atoms with Crippen molar-refractivity contribution in [2.45, 2.75) is 77.4 Å². The van der Waals surface area contributed by atoms with E-state index in [9.17, 15) is 4.79 Å². The molecular formula is C16H32N2O. The summed E-state index contributed by atoms with van der Waals surface area (Å²) in [5.74, 6) is 0. The molecule has 0 aromatic heterocycles. The normalized spacial score (nSPS) is 32.3. The van der Waals surface area contributed by atoms with E-state index in [-0.39, 0.29) is 22.5 Å². The molecule has 3 heteroatoms. The third-order valence-corrected chi connectivity index (χ3v) is 5.52. The fourth-order valence-electron chi connectivity index (χ4n) is 3.01. The number of piperidine rings is 1. The molecule has 2 atom stereocenters. The lowest BCUT2D eigenvalue weighted by Crippen LogP contribution is -2.59. The van der Waals surface area contributed by atoms with E-state index in [4.69, 9.17) is 0 Å². The lowest BCUT2D eigenvalue weighted by molar-refractivity contribution is -0.125. The second-order valence-electron chi connectivity index (χ2n) is 7.79. The fraction of sp³-hybridized carbons (Fsp3) is 0.938. The molecular weight excluding hydrogens is 236 g/mol. The van der Waals surface area contributed by atoms with E-state index in [1.165, 1.54) is 0 Å². The summed E-state index contributed by atoms with van der Waals surface area (Å²) in [6.07, 6.45) is 5.63. The molecule has 0 aromatic rings. The number of nitrogens with zero attached hydrogens (tertiary/aromatic N) is 1. The molecule has 1 N–H and O–H groups in total. The van der Waals surface area contributed by atoms with Crippen molar-refractivity contribution in [2.75, 3.05) is 14.1 Å². The molecule has 112 valence electrons. The molecule has 0 bridgehead atoms. The minimum atomic E-state index is 0.0314. The van der Waals surface area contributed by atoms with E-state index < -0.39 is 0 Å². The molecule has 1 fully saturated rings. The number of carbonyl (C=O) groups excluding carboxylic acids is 1. The second kappa shape index (κ2) is 5.53. The van der Waals surface area contributed by atoms with Crippen LogP contribution in [-0.2, 0) is 4.79 Å². The zero-order valence-corrected chi connectivity index (χ0v) is 13.8. The number of rotatable bonds is 5. The SMILES string of the molecule is CNC(C)(C)CCC1(C)CCC(C)(C)N(C)C1C=O. The van der Waals surface area contributed by atoms with Crippen LogP contribution in [0.2, 0.25) is 0 Å². The fourth-order valence-corrected chi connectivity index (χ4v) is 3.01. The summed E-state index contributed by atoms with van der Waals surface area (Å²) in [6, 6.07) is 0.0314. The predicted octanol–water partition coefficient (Wildman–Crippen LogP) is 2.84. The molecule has 0 spiro atoms. The van der Waals surface area contributed by atoms with Crippen molar-refractivity contribution in [3.05, 3.63) is 0 Å². The van der Waals surface area contributed by atoms with Crippen molar-refractivity contribution in [3.8, 4) is 0 Å². The molecule has 2 unspecified atom stereocenters. The van der Waals surface area contributed by atoms with Gasteiger partial charge in [0.1, 0.15) is 6.29 Å². The Bertz CT molecular complexity index is 325. The van der Waals surface area contributed by atoms with Crippen LogP contribution in [0, 0.1) is 5.41 Å². The zero-order valence-electron chi connectivity index (χ0n) is 13.8. The number of nitrogens with one attached hydrogen (secondary N) is 1. The first kappa shape index (κ1) is 16.6. The maximum atomic E-state index is 11.6. The average molecular weight is 268 g/mol. The van der Waals surface area contributed by atoms with Crippen LogP contribution in [0.25, 0.3) is 0 Å². The smallest absolute Gasteiger partial charge is 0.137 e. The standard InChI is InChI=1S/C16H32N2O/c1-14(2,17-6)8-10-16(5)11-9-15(3,4)18(7)13(16)12-19/h12-13,17H,8-11H2,1-7H3. The summed E-state index contributed by atoms with van der Waals surface area (Å²) in [5, 5.41) is 3.36. The highest BCUT2D eigenvalue weighted by Gasteiger charge is 2.46. The van der Waals surface area contributed by atoms with Gasteiger partial charge in [0.2, 0.25) is 0 Å². The zero-order chi connectivity index (χ0) is 14.9. The number of aldehydes is 1. The van der Waals surface area contributed by atoms with Crippen LogP contribution in [0.3, 0.4) is 0 Å². The van der Waals surface area contributed by atoms with E-state index in [0.717, 1.165) is 32.0 Å². The summed E-state index contributed by atoms with van der Waals surface area (Å²) < 4.78 is 0. The van der Waals surface area contributed by atoms with Crippen molar-refractivity contribution in [1.29, 1.82) is 0 Å². The molecule has 1 rings (SSSR count). The highest BCUT2D eigenvalue weighted by Crippen LogP contribution is 2.44. The molecule has 0 amide bonds. The maximum absolute atomic E-state index is 11.6. The molecule has 1 heterocycles. The third kappa shape index (κ3) is 3.57. The predicted molar refractivity (Wildman–Crippen MR) is 81.4 cm³/mol. The van der Waals surface area contributed by atoms with Crippen molar-refractivity contribution >= 4 is 6.29 Å². The van der Waals surface area contributed by atoms with Crippen LogP contribution in [-0.4, -0.2) is 42.4 Å². The molecule has 0 radical (unpaired) electrons. The van der Waals surface area contributed by atoms with E-state index in [2.05, 4.69) is 51.9 Å². The van der Waals surface area contributed by atoms with E-state index >= 15 is 0 Å². The van der Waals surface area contributed by atoms with Crippen LogP contribution in [0.4, 0.5) is 0 Å². The van der Waals surface area contributed by atoms with Crippen LogP contribution >= 0.6 is 0 Å². The first-order chi connectivity index (χ1) is 8.58. The van der Waals surface area contributed by atoms with Crippen molar-refractivity contribution in [1.82, 2.24) is 10.2 Å². The Morgan fingerprint density at radius 3 is 2.37 bits per heavy atom. The number of hydrogen-bond acceptors (Lipinski definition) is 3. The molecule has 1 aliphatic rings. The van der Waals surface area contributed by atoms with Gasteiger partial charge in [0, 0.05) is 11.1 Å². The highest BCUT2D eigenvalue weighted by molar-refractivity contribution is 5.60. The van der Waals surface area contributed by atoms with Gasteiger partial charge in [-0.3, -0.25) is 4.90 Å². The van der Waals surface area contributed by atoms with Gasteiger partial charge in [-0.05, 0) is 72.9 Å². The molecule has 19 heavy (non-hydrogen) atoms. The topological polar surface area (TPSA) is 32.3 Å². The van der Waals surface area contributed by atoms with Crippen LogP contribution in [0.5, 0.6) is 0 Å². The van der Waals surface area contributed by atoms with Gasteiger partial charge in [-0.15, -0.1) is 0 Å². The highest BCUT2D eigenvalue weighted by atomic mass is 16.1. The first-order valence-electron chi connectivity index (χ1n) is 7.45. The minimum Gasteiger partial charge on any atom is -0.315 e. The first-order valence-corrected chi connectivity index (χ1v) is 7.45. The van der Waals surface area contributed by atoms with Crippen molar-refractivity contribution in [2.24, 2.45) is 5.41 Å². The number of likely N-dealkylation sites (tertiary alicyclic amines) is 1. The minimum absolute atomic E-state index is 0.0314. The van der Waals surface area contributed by atoms with E-state index in [1.54, 1.807) is 0 Å². The lowest BCUT2D eigenvalue weighted by Gasteiger charge is -2.53. The Balaban J connectivity index is 2.83. The molecule has 3 nitrogen and oxygen atoms in total. The summed E-state index contributed by atoms with van der Waals surface area (Å²) >= 11 is 0. The van der Waals surface area contributed by atoms with Crippen molar-refractivity contribution < 1.29 is 4.79 Å². The average Bonchev–Trinajstić information content (AvgIpc) is 2.34.